The highest BCUT2D eigenvalue weighted by Crippen LogP contribution is 2.29. The van der Waals surface area contributed by atoms with Crippen LogP contribution in [-0.4, -0.2) is 10.8 Å². The van der Waals surface area contributed by atoms with Crippen molar-refractivity contribution in [2.45, 2.75) is 6.42 Å². The van der Waals surface area contributed by atoms with Crippen LogP contribution in [0, 0.1) is 5.41 Å². The van der Waals surface area contributed by atoms with Gasteiger partial charge in [-0.1, -0.05) is 18.2 Å². The number of rotatable bonds is 0. The van der Waals surface area contributed by atoms with E-state index < -0.39 is 0 Å². The van der Waals surface area contributed by atoms with Crippen molar-refractivity contribution < 1.29 is 0 Å². The summed E-state index contributed by atoms with van der Waals surface area (Å²) < 4.78 is 0. The zero-order valence-corrected chi connectivity index (χ0v) is 8.22. The zero-order valence-electron chi connectivity index (χ0n) is 8.22. The van der Waals surface area contributed by atoms with Gasteiger partial charge in [-0.3, -0.25) is 10.4 Å². The van der Waals surface area contributed by atoms with E-state index in [2.05, 4.69) is 12.1 Å². The average Bonchev–Trinajstić information content (AvgIpc) is 2.30. The second-order valence-electron chi connectivity index (χ2n) is 3.62. The van der Waals surface area contributed by atoms with Crippen molar-refractivity contribution in [3.63, 3.8) is 0 Å². The van der Waals surface area contributed by atoms with Crippen molar-refractivity contribution in [1.29, 1.82) is 5.41 Å². The molecule has 2 aliphatic rings. The van der Waals surface area contributed by atoms with Gasteiger partial charge in [-0.05, 0) is 23.8 Å². The third kappa shape index (κ3) is 1.16. The lowest BCUT2D eigenvalue weighted by Gasteiger charge is -2.39. The fourth-order valence-corrected chi connectivity index (χ4v) is 1.97. The molecule has 3 rings (SSSR count). The monoisotopic (exact) mass is 197 g/mol. The van der Waals surface area contributed by atoms with E-state index in [1.54, 1.807) is 0 Å². The summed E-state index contributed by atoms with van der Waals surface area (Å²) in [5.41, 5.74) is 2.37. The van der Waals surface area contributed by atoms with Crippen LogP contribution in [0.25, 0.3) is 0 Å². The number of nitrogens with one attached hydrogen (secondary N) is 1. The lowest BCUT2D eigenvalue weighted by atomic mass is 10.1. The number of anilines is 1. The standard InChI is InChI=1S/C12H11N3/c13-12-9-10-5-1-2-6-11(10)14-7-3-4-8-15(12)14/h1-8,13H,9H2. The third-order valence-corrected chi connectivity index (χ3v) is 2.67. The van der Waals surface area contributed by atoms with Gasteiger partial charge in [0.25, 0.3) is 0 Å². The topological polar surface area (TPSA) is 30.3 Å². The van der Waals surface area contributed by atoms with Gasteiger partial charge < -0.3 is 0 Å². The highest BCUT2D eigenvalue weighted by molar-refractivity contribution is 5.89. The maximum absolute atomic E-state index is 7.94. The number of hydrogen-bond acceptors (Lipinski definition) is 2. The van der Waals surface area contributed by atoms with Gasteiger partial charge in [0.1, 0.15) is 5.84 Å². The van der Waals surface area contributed by atoms with Crippen molar-refractivity contribution >= 4 is 11.5 Å². The Labute approximate surface area is 88.4 Å². The molecule has 1 N–H and O–H groups in total. The van der Waals surface area contributed by atoms with Crippen molar-refractivity contribution in [3.05, 3.63) is 54.4 Å². The molecule has 0 aliphatic carbocycles. The molecule has 0 saturated heterocycles. The highest BCUT2D eigenvalue weighted by atomic mass is 15.6. The molecule has 3 nitrogen and oxygen atoms in total. The molecule has 0 spiro atoms. The number of para-hydroxylation sites is 1. The minimum atomic E-state index is 0.606. The zero-order chi connectivity index (χ0) is 10.3. The van der Waals surface area contributed by atoms with E-state index >= 15 is 0 Å². The lowest BCUT2D eigenvalue weighted by molar-refractivity contribution is 0.530. The number of allylic oxidation sites excluding steroid dienone is 2. The van der Waals surface area contributed by atoms with Crippen molar-refractivity contribution in [3.8, 4) is 0 Å². The van der Waals surface area contributed by atoms with E-state index in [4.69, 9.17) is 5.41 Å². The van der Waals surface area contributed by atoms with Crippen LogP contribution in [-0.2, 0) is 6.42 Å². The van der Waals surface area contributed by atoms with Crippen LogP contribution in [0.1, 0.15) is 5.56 Å². The van der Waals surface area contributed by atoms with Gasteiger partial charge in [0.05, 0.1) is 5.69 Å². The van der Waals surface area contributed by atoms with Crippen LogP contribution >= 0.6 is 0 Å². The molecule has 0 atom stereocenters. The third-order valence-electron chi connectivity index (χ3n) is 2.67. The molecule has 2 heterocycles. The highest BCUT2D eigenvalue weighted by Gasteiger charge is 2.24. The minimum absolute atomic E-state index is 0.606. The molecule has 1 aromatic rings. The van der Waals surface area contributed by atoms with Crippen LogP contribution in [0.2, 0.25) is 0 Å². The van der Waals surface area contributed by atoms with Gasteiger partial charge in [0.15, 0.2) is 0 Å². The number of hydrogen-bond donors (Lipinski definition) is 1. The summed E-state index contributed by atoms with van der Waals surface area (Å²) in [7, 11) is 0. The molecular formula is C12H11N3. The Bertz CT molecular complexity index is 474. The van der Waals surface area contributed by atoms with Gasteiger partial charge in [-0.15, -0.1) is 0 Å². The summed E-state index contributed by atoms with van der Waals surface area (Å²) in [6.07, 6.45) is 8.51. The predicted molar refractivity (Wildman–Crippen MR) is 60.5 cm³/mol. The first-order valence-electron chi connectivity index (χ1n) is 4.95. The molecule has 2 aliphatic heterocycles. The van der Waals surface area contributed by atoms with E-state index in [9.17, 15) is 0 Å². The Balaban J connectivity index is 2.15. The van der Waals surface area contributed by atoms with Crippen LogP contribution < -0.4 is 5.01 Å². The number of fused-ring (bicyclic) bond motifs is 3. The molecule has 0 unspecified atom stereocenters. The summed E-state index contributed by atoms with van der Waals surface area (Å²) in [5.74, 6) is 0.606. The van der Waals surface area contributed by atoms with Gasteiger partial charge in [0, 0.05) is 18.8 Å². The van der Waals surface area contributed by atoms with Crippen LogP contribution in [0.5, 0.6) is 0 Å². The van der Waals surface area contributed by atoms with Gasteiger partial charge in [0.2, 0.25) is 0 Å². The second-order valence-corrected chi connectivity index (χ2v) is 3.62. The first-order chi connectivity index (χ1) is 7.36. The maximum atomic E-state index is 7.94. The summed E-state index contributed by atoms with van der Waals surface area (Å²) in [6, 6.07) is 8.20. The van der Waals surface area contributed by atoms with Crippen molar-refractivity contribution in [2.75, 3.05) is 5.01 Å². The van der Waals surface area contributed by atoms with E-state index in [0.29, 0.717) is 12.3 Å². The van der Waals surface area contributed by atoms with E-state index in [0.717, 1.165) is 5.69 Å². The number of amidine groups is 1. The second kappa shape index (κ2) is 2.98. The minimum Gasteiger partial charge on any atom is -0.286 e. The molecule has 0 radical (unpaired) electrons. The molecule has 1 aromatic carbocycles. The summed E-state index contributed by atoms with van der Waals surface area (Å²) in [6.45, 7) is 0. The molecule has 0 bridgehead atoms. The van der Waals surface area contributed by atoms with Gasteiger partial charge in [-0.25, -0.2) is 5.01 Å². The van der Waals surface area contributed by atoms with Crippen molar-refractivity contribution in [2.24, 2.45) is 0 Å². The molecule has 3 heteroatoms. The van der Waals surface area contributed by atoms with E-state index in [1.807, 2.05) is 46.7 Å². The Morgan fingerprint density at radius 2 is 1.73 bits per heavy atom. The van der Waals surface area contributed by atoms with Gasteiger partial charge in [-0.2, -0.15) is 0 Å². The number of nitrogens with zero attached hydrogens (tertiary/aromatic N) is 2. The molecule has 0 saturated carbocycles. The first kappa shape index (κ1) is 8.29. The largest absolute Gasteiger partial charge is 0.286 e. The first-order valence-corrected chi connectivity index (χ1v) is 4.95. The Morgan fingerprint density at radius 1 is 1.00 bits per heavy atom. The predicted octanol–water partition coefficient (Wildman–Crippen LogP) is 2.28. The smallest absolute Gasteiger partial charge is 0.124 e. The number of benzene rings is 1. The summed E-state index contributed by atoms with van der Waals surface area (Å²) >= 11 is 0. The van der Waals surface area contributed by atoms with E-state index in [1.165, 1.54) is 5.56 Å². The Morgan fingerprint density at radius 3 is 2.60 bits per heavy atom. The molecule has 0 amide bonds. The Hall–Kier alpha value is -2.03. The average molecular weight is 197 g/mol. The molecule has 0 fully saturated rings. The van der Waals surface area contributed by atoms with Gasteiger partial charge >= 0.3 is 0 Å². The molecule has 74 valence electrons. The fourth-order valence-electron chi connectivity index (χ4n) is 1.97. The van der Waals surface area contributed by atoms with Crippen LogP contribution in [0.15, 0.2) is 48.8 Å². The molecular weight excluding hydrogens is 186 g/mol. The fraction of sp³-hybridized carbons (Fsp3) is 0.0833. The normalized spacial score (nSPS) is 17.7. The SMILES string of the molecule is N=C1Cc2ccccc2N2C=CC=CN12. The quantitative estimate of drug-likeness (QED) is 0.691. The van der Waals surface area contributed by atoms with E-state index in [-0.39, 0.29) is 0 Å². The molecule has 0 aromatic heterocycles. The summed E-state index contributed by atoms with van der Waals surface area (Å²) in [4.78, 5) is 0. The molecule has 15 heavy (non-hydrogen) atoms. The summed E-state index contributed by atoms with van der Waals surface area (Å²) in [5, 5.41) is 11.8. The maximum Gasteiger partial charge on any atom is 0.124 e. The lowest BCUT2D eigenvalue weighted by Crippen LogP contribution is -2.45. The van der Waals surface area contributed by atoms with Crippen molar-refractivity contribution in [1.82, 2.24) is 5.01 Å². The Kier molecular flexibility index (Phi) is 1.65. The number of hydrazine groups is 1. The van der Waals surface area contributed by atoms with Crippen LogP contribution in [0.3, 0.4) is 0 Å². The van der Waals surface area contributed by atoms with Crippen LogP contribution in [0.4, 0.5) is 5.69 Å².